The molecular weight excluding hydrogens is 333 g/mol. The zero-order valence-corrected chi connectivity index (χ0v) is 19.9. The van der Waals surface area contributed by atoms with E-state index in [2.05, 4.69) is 23.2 Å². The number of alkyl halides is 2. The van der Waals surface area contributed by atoms with E-state index in [0.717, 1.165) is 0 Å². The maximum atomic E-state index is 9.94. The molecule has 15 heavy (non-hydrogen) atoms. The Labute approximate surface area is 185 Å². The summed E-state index contributed by atoms with van der Waals surface area (Å²) in [5, 5.41) is 0. The Morgan fingerprint density at radius 1 is 0.733 bits per heavy atom. The van der Waals surface area contributed by atoms with E-state index in [1.54, 1.807) is 0 Å². The molecule has 0 amide bonds. The molecule has 0 rings (SSSR count). The van der Waals surface area contributed by atoms with Crippen molar-refractivity contribution in [1.29, 1.82) is 0 Å². The molecule has 0 aromatic carbocycles. The summed E-state index contributed by atoms with van der Waals surface area (Å²) in [6.45, 7) is 0. The summed E-state index contributed by atoms with van der Waals surface area (Å²) in [7, 11) is -11.7. The summed E-state index contributed by atoms with van der Waals surface area (Å²) in [4.78, 5) is 39.7. The van der Waals surface area contributed by atoms with Gasteiger partial charge in [0.1, 0.15) is 0 Å². The van der Waals surface area contributed by atoms with Crippen LogP contribution in [0, 0.1) is 0 Å². The van der Waals surface area contributed by atoms with Crippen LogP contribution in [-0.2, 0) is 9.13 Å². The van der Waals surface area contributed by atoms with Crippen molar-refractivity contribution in [2.45, 2.75) is 3.82 Å². The first-order chi connectivity index (χ1) is 4.50. The van der Waals surface area contributed by atoms with E-state index in [0.29, 0.717) is 0 Å². The van der Waals surface area contributed by atoms with Crippen molar-refractivity contribution in [2.24, 2.45) is 0 Å². The van der Waals surface area contributed by atoms with Crippen LogP contribution in [0.3, 0.4) is 0 Å². The molecule has 0 aliphatic heterocycles. The Balaban J connectivity index is -0.0000000833. The molecule has 0 radical (unpaired) electrons. The van der Waals surface area contributed by atoms with Crippen LogP contribution in [0.25, 0.3) is 0 Å². The fourth-order valence-electron chi connectivity index (χ4n) is 0.150. The van der Waals surface area contributed by atoms with Crippen molar-refractivity contribution >= 4 is 38.4 Å². The zero-order valence-electron chi connectivity index (χ0n) is 8.60. The summed E-state index contributed by atoms with van der Waals surface area (Å²) in [5.74, 6) is 0. The second-order valence-electron chi connectivity index (χ2n) is 1.50. The van der Waals surface area contributed by atoms with Gasteiger partial charge in [0, 0.05) is 0 Å². The first-order valence-electron chi connectivity index (χ1n) is 1.92. The molecule has 6 nitrogen and oxygen atoms in total. The van der Waals surface area contributed by atoms with Gasteiger partial charge in [-0.1, -0.05) is 23.2 Å². The number of hydrogen-bond donors (Lipinski definition) is 0. The Hall–Kier alpha value is 4.88. The van der Waals surface area contributed by atoms with Gasteiger partial charge in [-0.3, -0.25) is 0 Å². The predicted octanol–water partition coefficient (Wildman–Crippen LogP) is -14.1. The molecule has 0 spiro atoms. The monoisotopic (exact) mass is 332 g/mol. The van der Waals surface area contributed by atoms with Gasteiger partial charge >= 0.3 is 118 Å². The molecule has 0 N–H and O–H groups in total. The van der Waals surface area contributed by atoms with Crippen molar-refractivity contribution in [1.82, 2.24) is 0 Å². The van der Waals surface area contributed by atoms with Gasteiger partial charge in [0.2, 0.25) is 0 Å². The largest absolute Gasteiger partial charge is 1.00 e. The minimum Gasteiger partial charge on any atom is -0.808 e. The molecule has 0 aromatic heterocycles. The smallest absolute Gasteiger partial charge is 0.808 e. The Morgan fingerprint density at radius 2 is 0.867 bits per heavy atom. The van der Waals surface area contributed by atoms with E-state index >= 15 is 0 Å². The molecule has 0 bridgehead atoms. The summed E-state index contributed by atoms with van der Waals surface area (Å²) >= 11 is 8.96. The SMILES string of the molecule is O=P([O-])([O-])C(Cl)(Cl)P(=O)([O-])[O-].[Na+].[Na+].[Na+].[Na+]. The molecule has 14 heteroatoms. The predicted molar refractivity (Wildman–Crippen MR) is 29.7 cm³/mol. The van der Waals surface area contributed by atoms with Gasteiger partial charge in [-0.05, 0) is 15.2 Å². The first-order valence-corrected chi connectivity index (χ1v) is 5.76. The third-order valence-electron chi connectivity index (χ3n) is 0.659. The normalized spacial score (nSPS) is 11.1. The first kappa shape index (κ1) is 32.0. The summed E-state index contributed by atoms with van der Waals surface area (Å²) < 4.78 is 16.1. The van der Waals surface area contributed by atoms with Crippen LogP contribution >= 0.6 is 38.4 Å². The van der Waals surface area contributed by atoms with E-state index in [1.165, 1.54) is 0 Å². The van der Waals surface area contributed by atoms with E-state index in [1.807, 2.05) is 0 Å². The molecule has 0 aromatic rings. The third kappa shape index (κ3) is 10.3. The van der Waals surface area contributed by atoms with E-state index < -0.39 is 19.0 Å². The minimum atomic E-state index is -5.85. The van der Waals surface area contributed by atoms with Crippen molar-refractivity contribution in [3.05, 3.63) is 0 Å². The third-order valence-corrected chi connectivity index (χ3v) is 5.93. The summed E-state index contributed by atoms with van der Waals surface area (Å²) in [6, 6.07) is 0. The van der Waals surface area contributed by atoms with Crippen molar-refractivity contribution in [2.75, 3.05) is 0 Å². The second-order valence-corrected chi connectivity index (χ2v) is 7.57. The number of rotatable bonds is 2. The van der Waals surface area contributed by atoms with Crippen LogP contribution in [0.4, 0.5) is 0 Å². The quantitative estimate of drug-likeness (QED) is 0.281. The van der Waals surface area contributed by atoms with Gasteiger partial charge in [-0.15, -0.1) is 0 Å². The van der Waals surface area contributed by atoms with Crippen molar-refractivity contribution in [3.63, 3.8) is 0 Å². The van der Waals surface area contributed by atoms with Crippen LogP contribution in [-0.4, -0.2) is 3.82 Å². The Kier molecular flexibility index (Phi) is 24.6. The van der Waals surface area contributed by atoms with Crippen LogP contribution in [0.5, 0.6) is 0 Å². The fourth-order valence-corrected chi connectivity index (χ4v) is 1.35. The van der Waals surface area contributed by atoms with Crippen molar-refractivity contribution < 1.29 is 147 Å². The molecule has 0 saturated heterocycles. The Morgan fingerprint density at radius 3 is 0.867 bits per heavy atom. The summed E-state index contributed by atoms with van der Waals surface area (Å²) in [6.07, 6.45) is 0. The van der Waals surface area contributed by atoms with Crippen LogP contribution in [0.15, 0.2) is 0 Å². The molecule has 68 valence electrons. The van der Waals surface area contributed by atoms with E-state index in [-0.39, 0.29) is 118 Å². The van der Waals surface area contributed by atoms with Crippen LogP contribution in [0.2, 0.25) is 0 Å². The maximum absolute atomic E-state index is 9.94. The van der Waals surface area contributed by atoms with Gasteiger partial charge < -0.3 is 28.7 Å². The molecule has 0 aliphatic carbocycles. The molecule has 0 atom stereocenters. The standard InChI is InChI=1S/CH4Cl2O6P2.4Na/c2-1(3,10(4,5)6)11(7,8)9;;;;/h(H2,4,5,6)(H2,7,8,9);;;;/q;4*+1/p-4. The van der Waals surface area contributed by atoms with Crippen LogP contribution in [0.1, 0.15) is 0 Å². The average Bonchev–Trinajstić information content (AvgIpc) is 1.58. The second kappa shape index (κ2) is 11.5. The van der Waals surface area contributed by atoms with Crippen LogP contribution < -0.4 is 138 Å². The zero-order chi connectivity index (χ0) is 9.50. The van der Waals surface area contributed by atoms with Gasteiger partial charge in [0.25, 0.3) is 0 Å². The molecule has 0 aliphatic rings. The van der Waals surface area contributed by atoms with Gasteiger partial charge in [-0.25, -0.2) is 0 Å². The summed E-state index contributed by atoms with van der Waals surface area (Å²) in [5.41, 5.74) is 0. The van der Waals surface area contributed by atoms with Gasteiger partial charge in [0.05, 0.1) is 0 Å². The van der Waals surface area contributed by atoms with Crippen molar-refractivity contribution in [3.8, 4) is 0 Å². The van der Waals surface area contributed by atoms with E-state index in [4.69, 9.17) is 0 Å². The molecule has 0 fully saturated rings. The number of halogens is 2. The van der Waals surface area contributed by atoms with Gasteiger partial charge in [0.15, 0.2) is 3.82 Å². The molecule has 0 saturated carbocycles. The molecule has 0 unspecified atom stereocenters. The fraction of sp³-hybridized carbons (Fsp3) is 1.00. The molecule has 0 heterocycles. The average molecular weight is 333 g/mol. The molecular formula is CCl2Na4O6P2. The maximum Gasteiger partial charge on any atom is 1.00 e. The number of hydrogen-bond acceptors (Lipinski definition) is 6. The minimum absolute atomic E-state index is 0. The Bertz CT molecular complexity index is 224. The topological polar surface area (TPSA) is 126 Å². The van der Waals surface area contributed by atoms with E-state index in [9.17, 15) is 28.7 Å². The van der Waals surface area contributed by atoms with Gasteiger partial charge in [-0.2, -0.15) is 0 Å².